The first-order valence-corrected chi connectivity index (χ1v) is 5.88. The van der Waals surface area contributed by atoms with Gasteiger partial charge in [0.2, 0.25) is 0 Å². The van der Waals surface area contributed by atoms with Crippen molar-refractivity contribution in [1.29, 1.82) is 0 Å². The first kappa shape index (κ1) is 12.4. The van der Waals surface area contributed by atoms with E-state index in [0.717, 1.165) is 16.8 Å². The molecule has 0 fully saturated rings. The number of hydrogen-bond donors (Lipinski definition) is 1. The van der Waals surface area contributed by atoms with Gasteiger partial charge in [0.25, 0.3) is 0 Å². The third kappa shape index (κ3) is 2.27. The van der Waals surface area contributed by atoms with Gasteiger partial charge in [-0.1, -0.05) is 12.1 Å². The van der Waals surface area contributed by atoms with Crippen LogP contribution in [0.4, 0.5) is 0 Å². The Kier molecular flexibility index (Phi) is 3.19. The molecule has 0 aliphatic carbocycles. The molecule has 0 aliphatic rings. The van der Waals surface area contributed by atoms with Gasteiger partial charge in [-0.05, 0) is 38.5 Å². The number of aryl methyl sites for hydroxylation is 1. The van der Waals surface area contributed by atoms with Crippen molar-refractivity contribution < 1.29 is 9.90 Å². The van der Waals surface area contributed by atoms with Crippen molar-refractivity contribution >= 4 is 5.97 Å². The van der Waals surface area contributed by atoms with Gasteiger partial charge in [0.1, 0.15) is 0 Å². The summed E-state index contributed by atoms with van der Waals surface area (Å²) in [6.45, 7) is 6.10. The predicted octanol–water partition coefficient (Wildman–Crippen LogP) is 3.14. The molecule has 1 aromatic carbocycles. The fourth-order valence-electron chi connectivity index (χ4n) is 1.82. The van der Waals surface area contributed by atoms with E-state index in [1.54, 1.807) is 12.1 Å². The lowest BCUT2D eigenvalue weighted by Gasteiger charge is -2.03. The molecule has 0 amide bonds. The lowest BCUT2D eigenvalue weighted by atomic mass is 10.1. The highest BCUT2D eigenvalue weighted by Crippen LogP contribution is 2.24. The highest BCUT2D eigenvalue weighted by molar-refractivity contribution is 5.88. The van der Waals surface area contributed by atoms with Crippen LogP contribution >= 0.6 is 0 Å². The molecule has 0 saturated carbocycles. The van der Waals surface area contributed by atoms with Crippen molar-refractivity contribution in [2.24, 2.45) is 0 Å². The molecular weight excluding hydrogens is 228 g/mol. The summed E-state index contributed by atoms with van der Waals surface area (Å²) in [5.41, 5.74) is 3.28. The minimum atomic E-state index is -0.906. The Morgan fingerprint density at radius 2 is 1.89 bits per heavy atom. The lowest BCUT2D eigenvalue weighted by molar-refractivity contribution is 0.0697. The molecule has 2 aromatic rings. The number of carbonyl (C=O) groups is 1. The second-order valence-corrected chi connectivity index (χ2v) is 4.58. The molecule has 4 heteroatoms. The number of hydrogen-bond acceptors (Lipinski definition) is 2. The quantitative estimate of drug-likeness (QED) is 0.902. The molecular formula is C14H16N2O2. The number of aromatic nitrogens is 2. The Balaban J connectivity index is 2.39. The number of benzene rings is 1. The minimum absolute atomic E-state index is 0.299. The van der Waals surface area contributed by atoms with Crippen LogP contribution in [0, 0.1) is 6.92 Å². The number of carboxylic acid groups (broad SMARTS) is 1. The first-order chi connectivity index (χ1) is 8.49. The molecule has 2 rings (SSSR count). The molecule has 0 radical (unpaired) electrons. The molecule has 0 saturated heterocycles. The van der Waals surface area contributed by atoms with Gasteiger partial charge in [-0.2, -0.15) is 5.10 Å². The molecule has 0 unspecified atom stereocenters. The van der Waals surface area contributed by atoms with Gasteiger partial charge < -0.3 is 5.11 Å². The van der Waals surface area contributed by atoms with Crippen molar-refractivity contribution in [2.75, 3.05) is 0 Å². The number of rotatable bonds is 3. The fraction of sp³-hybridized carbons (Fsp3) is 0.286. The summed E-state index contributed by atoms with van der Waals surface area (Å²) >= 11 is 0. The van der Waals surface area contributed by atoms with Gasteiger partial charge in [-0.25, -0.2) is 4.79 Å². The van der Waals surface area contributed by atoms with E-state index in [1.807, 2.05) is 29.9 Å². The molecule has 0 atom stereocenters. The van der Waals surface area contributed by atoms with Crippen LogP contribution in [0.25, 0.3) is 11.1 Å². The van der Waals surface area contributed by atoms with E-state index in [9.17, 15) is 4.79 Å². The van der Waals surface area contributed by atoms with Crippen LogP contribution in [0.5, 0.6) is 0 Å². The molecule has 0 aliphatic heterocycles. The van der Waals surface area contributed by atoms with Crippen LogP contribution in [0.1, 0.15) is 35.9 Å². The van der Waals surface area contributed by atoms with Gasteiger partial charge in [0.05, 0.1) is 11.3 Å². The number of nitrogens with zero attached hydrogens (tertiary/aromatic N) is 2. The average Bonchev–Trinajstić information content (AvgIpc) is 2.71. The van der Waals surface area contributed by atoms with Gasteiger partial charge >= 0.3 is 5.97 Å². The normalized spacial score (nSPS) is 10.9. The Hall–Kier alpha value is -2.10. The summed E-state index contributed by atoms with van der Waals surface area (Å²) < 4.78 is 1.91. The second-order valence-electron chi connectivity index (χ2n) is 4.58. The standard InChI is InChI=1S/C14H16N2O2/c1-9(2)16-8-13(10(3)15-16)11-4-6-12(7-5-11)14(17)18/h4-9H,1-3H3,(H,17,18). The minimum Gasteiger partial charge on any atom is -0.478 e. The lowest BCUT2D eigenvalue weighted by Crippen LogP contribution is -2.00. The van der Waals surface area contributed by atoms with Crippen molar-refractivity contribution in [3.8, 4) is 11.1 Å². The molecule has 18 heavy (non-hydrogen) atoms. The molecule has 1 N–H and O–H groups in total. The topological polar surface area (TPSA) is 55.1 Å². The maximum atomic E-state index is 10.8. The zero-order valence-electron chi connectivity index (χ0n) is 10.7. The van der Waals surface area contributed by atoms with E-state index < -0.39 is 5.97 Å². The van der Waals surface area contributed by atoms with Crippen LogP contribution in [0.2, 0.25) is 0 Å². The van der Waals surface area contributed by atoms with Crippen LogP contribution in [-0.4, -0.2) is 20.9 Å². The van der Waals surface area contributed by atoms with Crippen LogP contribution in [-0.2, 0) is 0 Å². The van der Waals surface area contributed by atoms with Crippen LogP contribution < -0.4 is 0 Å². The van der Waals surface area contributed by atoms with Crippen LogP contribution in [0.3, 0.4) is 0 Å². The third-order valence-corrected chi connectivity index (χ3v) is 2.89. The van der Waals surface area contributed by atoms with E-state index in [4.69, 9.17) is 5.11 Å². The Bertz CT molecular complexity index is 568. The fourth-order valence-corrected chi connectivity index (χ4v) is 1.82. The van der Waals surface area contributed by atoms with Gasteiger partial charge in [0, 0.05) is 17.8 Å². The summed E-state index contributed by atoms with van der Waals surface area (Å²) in [7, 11) is 0. The predicted molar refractivity (Wildman–Crippen MR) is 69.7 cm³/mol. The molecule has 1 aromatic heterocycles. The average molecular weight is 244 g/mol. The summed E-state index contributed by atoms with van der Waals surface area (Å²) in [6, 6.07) is 7.18. The first-order valence-electron chi connectivity index (χ1n) is 5.88. The highest BCUT2D eigenvalue weighted by atomic mass is 16.4. The largest absolute Gasteiger partial charge is 0.478 e. The van der Waals surface area contributed by atoms with Gasteiger partial charge in [0.15, 0.2) is 0 Å². The summed E-state index contributed by atoms with van der Waals surface area (Å²) in [5, 5.41) is 13.3. The van der Waals surface area contributed by atoms with Crippen molar-refractivity contribution in [2.45, 2.75) is 26.8 Å². The van der Waals surface area contributed by atoms with E-state index in [1.165, 1.54) is 0 Å². The molecule has 94 valence electrons. The van der Waals surface area contributed by atoms with Crippen molar-refractivity contribution in [3.05, 3.63) is 41.7 Å². The van der Waals surface area contributed by atoms with Crippen molar-refractivity contribution in [1.82, 2.24) is 9.78 Å². The Morgan fingerprint density at radius 1 is 1.28 bits per heavy atom. The van der Waals surface area contributed by atoms with Gasteiger partial charge in [-0.15, -0.1) is 0 Å². The zero-order chi connectivity index (χ0) is 13.3. The molecule has 1 heterocycles. The monoisotopic (exact) mass is 244 g/mol. The Morgan fingerprint density at radius 3 is 2.33 bits per heavy atom. The molecule has 0 spiro atoms. The maximum Gasteiger partial charge on any atom is 0.335 e. The van der Waals surface area contributed by atoms with Gasteiger partial charge in [-0.3, -0.25) is 4.68 Å². The van der Waals surface area contributed by atoms with Crippen LogP contribution in [0.15, 0.2) is 30.5 Å². The zero-order valence-corrected chi connectivity index (χ0v) is 10.7. The number of carboxylic acids is 1. The summed E-state index contributed by atoms with van der Waals surface area (Å²) in [6.07, 6.45) is 2.00. The maximum absolute atomic E-state index is 10.8. The van der Waals surface area contributed by atoms with E-state index in [2.05, 4.69) is 18.9 Å². The summed E-state index contributed by atoms with van der Waals surface area (Å²) in [4.78, 5) is 10.8. The summed E-state index contributed by atoms with van der Waals surface area (Å²) in [5.74, 6) is -0.906. The number of aromatic carboxylic acids is 1. The molecule has 0 bridgehead atoms. The molecule has 4 nitrogen and oxygen atoms in total. The van der Waals surface area contributed by atoms with Crippen molar-refractivity contribution in [3.63, 3.8) is 0 Å². The Labute approximate surface area is 106 Å². The van der Waals surface area contributed by atoms with E-state index in [0.29, 0.717) is 11.6 Å². The highest BCUT2D eigenvalue weighted by Gasteiger charge is 2.10. The second kappa shape index (κ2) is 4.64. The third-order valence-electron chi connectivity index (χ3n) is 2.89. The SMILES string of the molecule is Cc1nn(C(C)C)cc1-c1ccc(C(=O)O)cc1. The smallest absolute Gasteiger partial charge is 0.335 e. The van der Waals surface area contributed by atoms with E-state index in [-0.39, 0.29) is 0 Å². The van der Waals surface area contributed by atoms with E-state index >= 15 is 0 Å².